The molecule has 0 saturated carbocycles. The van der Waals surface area contributed by atoms with Crippen LogP contribution in [0, 0.1) is 0 Å². The summed E-state index contributed by atoms with van der Waals surface area (Å²) in [6.45, 7) is 4.13. The van der Waals surface area contributed by atoms with Crippen LogP contribution in [-0.4, -0.2) is 70.0 Å². The Kier molecular flexibility index (Phi) is 44.6. The third-order valence-corrected chi connectivity index (χ3v) is 12.3. The Balaban J connectivity index is 4.21. The van der Waals surface area contributed by atoms with Crippen molar-refractivity contribution in [3.8, 4) is 0 Å². The van der Waals surface area contributed by atoms with Gasteiger partial charge in [-0.1, -0.05) is 197 Å². The highest BCUT2D eigenvalue weighted by atomic mass is 31.2. The first kappa shape index (κ1) is 62.0. The van der Waals surface area contributed by atoms with Gasteiger partial charge < -0.3 is 27.9 Å². The Morgan fingerprint density at radius 3 is 1.34 bits per heavy atom. The normalized spacial score (nSPS) is 13.8. The number of phosphoric acid groups is 1. The fourth-order valence-corrected chi connectivity index (χ4v) is 7.98. The summed E-state index contributed by atoms with van der Waals surface area (Å²) in [6.07, 6.45) is 55.7. The number of phosphoric ester groups is 1. The molecule has 0 saturated heterocycles. The van der Waals surface area contributed by atoms with Crippen LogP contribution in [0.15, 0.2) is 48.6 Å². The molecule has 0 rings (SSSR count). The van der Waals surface area contributed by atoms with E-state index in [0.29, 0.717) is 17.4 Å². The van der Waals surface area contributed by atoms with Crippen LogP contribution in [0.2, 0.25) is 0 Å². The van der Waals surface area contributed by atoms with E-state index in [9.17, 15) is 19.0 Å². The van der Waals surface area contributed by atoms with Gasteiger partial charge in [-0.3, -0.25) is 14.2 Å². The first-order valence-electron chi connectivity index (χ1n) is 26.3. The second-order valence-corrected chi connectivity index (χ2v) is 20.3. The summed E-state index contributed by atoms with van der Waals surface area (Å²) in [6, 6.07) is 0. The van der Waals surface area contributed by atoms with Gasteiger partial charge in [0, 0.05) is 12.8 Å². The second kappa shape index (κ2) is 46.1. The van der Waals surface area contributed by atoms with E-state index >= 15 is 0 Å². The van der Waals surface area contributed by atoms with Gasteiger partial charge in [-0.2, -0.15) is 0 Å². The lowest BCUT2D eigenvalue weighted by atomic mass is 10.0. The van der Waals surface area contributed by atoms with Gasteiger partial charge >= 0.3 is 11.9 Å². The predicted octanol–water partition coefficient (Wildman–Crippen LogP) is 15.2. The highest BCUT2D eigenvalue weighted by Crippen LogP contribution is 2.38. The maximum Gasteiger partial charge on any atom is 0.306 e. The summed E-state index contributed by atoms with van der Waals surface area (Å²) in [4.78, 5) is 37.7. The lowest BCUT2D eigenvalue weighted by Gasteiger charge is -2.28. The van der Waals surface area contributed by atoms with E-state index in [1.54, 1.807) is 0 Å². The lowest BCUT2D eigenvalue weighted by molar-refractivity contribution is -0.870. The Hall–Kier alpha value is -2.03. The van der Waals surface area contributed by atoms with E-state index in [1.807, 2.05) is 21.1 Å². The number of carbonyl (C=O) groups is 2. The lowest BCUT2D eigenvalue weighted by Crippen LogP contribution is -2.37. The molecule has 0 amide bonds. The molecule has 0 spiro atoms. The van der Waals surface area contributed by atoms with Crippen LogP contribution in [0.4, 0.5) is 0 Å². The first-order valence-corrected chi connectivity index (χ1v) is 27.8. The van der Waals surface area contributed by atoms with Crippen molar-refractivity contribution in [2.45, 2.75) is 238 Å². The van der Waals surface area contributed by atoms with Crippen molar-refractivity contribution in [3.63, 3.8) is 0 Å². The molecule has 0 aliphatic carbocycles. The molecule has 0 aliphatic rings. The van der Waals surface area contributed by atoms with Crippen molar-refractivity contribution in [1.82, 2.24) is 0 Å². The van der Waals surface area contributed by atoms with Crippen molar-refractivity contribution < 1.29 is 42.1 Å². The van der Waals surface area contributed by atoms with Crippen LogP contribution < -0.4 is 4.89 Å². The molecule has 0 bridgehead atoms. The Morgan fingerprint density at radius 1 is 0.500 bits per heavy atom. The number of unbranched alkanes of at least 4 members (excludes halogenated alkanes) is 26. The third-order valence-electron chi connectivity index (χ3n) is 11.3. The molecule has 0 N–H and O–H groups in total. The predicted molar refractivity (Wildman–Crippen MR) is 268 cm³/mol. The fourth-order valence-electron chi connectivity index (χ4n) is 7.25. The maximum atomic E-state index is 12.7. The summed E-state index contributed by atoms with van der Waals surface area (Å²) in [7, 11) is 1.16. The van der Waals surface area contributed by atoms with Gasteiger partial charge in [0.1, 0.15) is 19.8 Å². The number of hydrogen-bond donors (Lipinski definition) is 0. The summed E-state index contributed by atoms with van der Waals surface area (Å²) in [5.74, 6) is -0.841. The highest BCUT2D eigenvalue weighted by molar-refractivity contribution is 7.45. The molecular weight excluding hydrogens is 822 g/mol. The van der Waals surface area contributed by atoms with Crippen LogP contribution in [0.1, 0.15) is 232 Å². The molecule has 0 aromatic carbocycles. The Labute approximate surface area is 394 Å². The number of allylic oxidation sites excluding steroid dienone is 8. The minimum Gasteiger partial charge on any atom is -0.756 e. The zero-order valence-corrected chi connectivity index (χ0v) is 43.1. The number of likely N-dealkylation sites (N-methyl/N-ethyl adjacent to an activating group) is 1. The fraction of sp³-hybridized carbons (Fsp3) is 0.815. The quantitative estimate of drug-likeness (QED) is 0.0195. The van der Waals surface area contributed by atoms with Crippen LogP contribution in [-0.2, 0) is 32.7 Å². The van der Waals surface area contributed by atoms with Gasteiger partial charge in [0.25, 0.3) is 7.82 Å². The van der Waals surface area contributed by atoms with E-state index in [4.69, 9.17) is 18.5 Å². The smallest absolute Gasteiger partial charge is 0.306 e. The van der Waals surface area contributed by atoms with Crippen molar-refractivity contribution in [2.75, 3.05) is 47.5 Å². The second-order valence-electron chi connectivity index (χ2n) is 18.9. The molecule has 2 unspecified atom stereocenters. The number of quaternary nitrogens is 1. The van der Waals surface area contributed by atoms with E-state index in [0.717, 1.165) is 64.2 Å². The number of hydrogen-bond acceptors (Lipinski definition) is 8. The molecule has 0 aromatic rings. The molecule has 9 nitrogen and oxygen atoms in total. The van der Waals surface area contributed by atoms with E-state index in [1.165, 1.54) is 135 Å². The summed E-state index contributed by atoms with van der Waals surface area (Å²) in [5, 5.41) is 0. The number of carbonyl (C=O) groups excluding carboxylic acids is 2. The highest BCUT2D eigenvalue weighted by Gasteiger charge is 2.21. The summed E-state index contributed by atoms with van der Waals surface area (Å²) in [5.41, 5.74) is 0. The van der Waals surface area contributed by atoms with Crippen molar-refractivity contribution in [2.24, 2.45) is 0 Å². The van der Waals surface area contributed by atoms with Crippen LogP contribution in [0.3, 0.4) is 0 Å². The largest absolute Gasteiger partial charge is 0.756 e. The Bertz CT molecular complexity index is 1230. The van der Waals surface area contributed by atoms with Gasteiger partial charge in [0.05, 0.1) is 27.7 Å². The standard InChI is InChI=1S/C54H100NO8P/c1-6-8-10-12-14-16-18-20-22-24-25-26-27-28-29-31-32-34-36-38-40-42-44-46-53(56)60-50-52(51-62-64(58,59)61-49-48-55(3,4)5)63-54(57)47-45-43-41-39-37-35-33-30-23-21-19-17-15-13-11-9-7-2/h9,11,15,17,21,23-25,52H,6-8,10,12-14,16,18-20,22,26-51H2,1-5H3/b11-9-,17-15-,23-21-,25-24-. The SMILES string of the molecule is CC/C=C\C/C=C\C/C=C\CCCCCCCCCC(=O)OC(COC(=O)CCCCCCCCCCCCC/C=C\CCCCCCCCCC)COP(=O)([O-])OCC[N+](C)(C)C. The van der Waals surface area contributed by atoms with Gasteiger partial charge in [-0.15, -0.1) is 0 Å². The molecule has 2 atom stereocenters. The van der Waals surface area contributed by atoms with Crippen molar-refractivity contribution in [1.29, 1.82) is 0 Å². The number of rotatable bonds is 48. The molecule has 0 fully saturated rings. The van der Waals surface area contributed by atoms with Gasteiger partial charge in [0.15, 0.2) is 6.10 Å². The molecule has 0 heterocycles. The van der Waals surface area contributed by atoms with Gasteiger partial charge in [0.2, 0.25) is 0 Å². The average molecular weight is 922 g/mol. The van der Waals surface area contributed by atoms with E-state index in [-0.39, 0.29) is 32.0 Å². The minimum absolute atomic E-state index is 0.0338. The van der Waals surface area contributed by atoms with Crippen LogP contribution >= 0.6 is 7.82 Å². The molecule has 0 radical (unpaired) electrons. The monoisotopic (exact) mass is 922 g/mol. The molecule has 10 heteroatoms. The topological polar surface area (TPSA) is 111 Å². The third kappa shape index (κ3) is 49.4. The van der Waals surface area contributed by atoms with Crippen molar-refractivity contribution in [3.05, 3.63) is 48.6 Å². The maximum absolute atomic E-state index is 12.7. The molecule has 64 heavy (non-hydrogen) atoms. The molecule has 0 aromatic heterocycles. The Morgan fingerprint density at radius 2 is 0.891 bits per heavy atom. The summed E-state index contributed by atoms with van der Waals surface area (Å²) >= 11 is 0. The van der Waals surface area contributed by atoms with E-state index < -0.39 is 26.5 Å². The van der Waals surface area contributed by atoms with Gasteiger partial charge in [-0.05, 0) is 70.6 Å². The van der Waals surface area contributed by atoms with E-state index in [2.05, 4.69) is 62.5 Å². The number of esters is 2. The van der Waals surface area contributed by atoms with Gasteiger partial charge in [-0.25, -0.2) is 0 Å². The summed E-state index contributed by atoms with van der Waals surface area (Å²) < 4.78 is 34.1. The molecule has 374 valence electrons. The minimum atomic E-state index is -4.63. The number of ether oxygens (including phenoxy) is 2. The van der Waals surface area contributed by atoms with Crippen molar-refractivity contribution >= 4 is 19.8 Å². The molecular formula is C54H100NO8P. The van der Waals surface area contributed by atoms with Crippen LogP contribution in [0.5, 0.6) is 0 Å². The average Bonchev–Trinajstić information content (AvgIpc) is 3.25. The molecule has 0 aliphatic heterocycles. The number of nitrogens with zero attached hydrogens (tertiary/aromatic N) is 1. The zero-order valence-electron chi connectivity index (χ0n) is 42.2. The zero-order chi connectivity index (χ0) is 47.1. The first-order chi connectivity index (χ1) is 31.0. The van der Waals surface area contributed by atoms with Crippen LogP contribution in [0.25, 0.3) is 0 Å².